The second kappa shape index (κ2) is 12.8. The number of benzene rings is 4. The van der Waals surface area contributed by atoms with Gasteiger partial charge in [0.1, 0.15) is 0 Å². The van der Waals surface area contributed by atoms with Gasteiger partial charge in [0.2, 0.25) is 0 Å². The number of carbonyl (C=O) groups excluding carboxylic acids is 4. The molecule has 7 heteroatoms. The number of hydrogen-bond acceptors (Lipinski definition) is 6. The van der Waals surface area contributed by atoms with E-state index in [-0.39, 0.29) is 39.8 Å². The summed E-state index contributed by atoms with van der Waals surface area (Å²) in [6.45, 7) is 0. The van der Waals surface area contributed by atoms with Gasteiger partial charge in [-0.05, 0) is 11.1 Å². The van der Waals surface area contributed by atoms with Gasteiger partial charge in [-0.3, -0.25) is 9.59 Å². The van der Waals surface area contributed by atoms with Crippen LogP contribution in [0.25, 0.3) is 0 Å². The molecule has 4 aromatic rings. The average Bonchev–Trinajstić information content (AvgIpc) is 2.89. The SMILES string of the molecule is O=C([O-])c1ccc(C(=O)c2ccccc2)cc1.O=C([O-])c1ccc(C(=O)c2ccccc2)cc1.[Cu+2]. The second-order valence-corrected chi connectivity index (χ2v) is 7.12. The van der Waals surface area contributed by atoms with Crippen LogP contribution in [0.5, 0.6) is 0 Å². The maximum absolute atomic E-state index is 12.0. The molecule has 35 heavy (non-hydrogen) atoms. The molecule has 4 rings (SSSR count). The predicted octanol–water partition coefficient (Wildman–Crippen LogP) is 2.56. The van der Waals surface area contributed by atoms with Gasteiger partial charge in [0.25, 0.3) is 0 Å². The van der Waals surface area contributed by atoms with E-state index in [2.05, 4.69) is 0 Å². The molecule has 177 valence electrons. The van der Waals surface area contributed by atoms with E-state index >= 15 is 0 Å². The summed E-state index contributed by atoms with van der Waals surface area (Å²) in [5.74, 6) is -2.75. The first-order valence-electron chi connectivity index (χ1n) is 10.2. The molecule has 1 radical (unpaired) electrons. The molecule has 6 nitrogen and oxygen atoms in total. The van der Waals surface area contributed by atoms with E-state index in [1.54, 1.807) is 48.5 Å². The smallest absolute Gasteiger partial charge is 0.545 e. The van der Waals surface area contributed by atoms with Gasteiger partial charge in [0, 0.05) is 22.3 Å². The molecule has 0 saturated heterocycles. The van der Waals surface area contributed by atoms with Gasteiger partial charge < -0.3 is 19.8 Å². The Morgan fingerprint density at radius 1 is 0.371 bits per heavy atom. The minimum Gasteiger partial charge on any atom is -0.545 e. The topological polar surface area (TPSA) is 114 Å². The fourth-order valence-electron chi connectivity index (χ4n) is 3.03. The van der Waals surface area contributed by atoms with Crippen LogP contribution in [0.3, 0.4) is 0 Å². The van der Waals surface area contributed by atoms with Crippen LogP contribution >= 0.6 is 0 Å². The molecule has 0 spiro atoms. The van der Waals surface area contributed by atoms with Crippen molar-refractivity contribution in [3.05, 3.63) is 143 Å². The zero-order chi connectivity index (χ0) is 24.5. The first kappa shape index (κ1) is 26.9. The number of carboxylic acids is 2. The van der Waals surface area contributed by atoms with E-state index in [4.69, 9.17) is 0 Å². The van der Waals surface area contributed by atoms with Crippen molar-refractivity contribution in [2.24, 2.45) is 0 Å². The fourth-order valence-corrected chi connectivity index (χ4v) is 3.03. The molecule has 0 unspecified atom stereocenters. The molecule has 0 bridgehead atoms. The van der Waals surface area contributed by atoms with Gasteiger partial charge >= 0.3 is 17.1 Å². The third-order valence-electron chi connectivity index (χ3n) is 4.84. The summed E-state index contributed by atoms with van der Waals surface area (Å²) in [5, 5.41) is 21.1. The monoisotopic (exact) mass is 513 g/mol. The maximum Gasteiger partial charge on any atom is 2.00 e. The number of hydrogen-bond donors (Lipinski definition) is 0. The number of rotatable bonds is 6. The third kappa shape index (κ3) is 7.33. The molecule has 0 N–H and O–H groups in total. The molecule has 0 aliphatic rings. The van der Waals surface area contributed by atoms with E-state index < -0.39 is 11.9 Å². The van der Waals surface area contributed by atoms with Crippen molar-refractivity contribution in [1.29, 1.82) is 0 Å². The quantitative estimate of drug-likeness (QED) is 0.289. The number of carboxylic acid groups (broad SMARTS) is 2. The van der Waals surface area contributed by atoms with Crippen LogP contribution in [0.2, 0.25) is 0 Å². The van der Waals surface area contributed by atoms with Crippen molar-refractivity contribution in [1.82, 2.24) is 0 Å². The predicted molar refractivity (Wildman–Crippen MR) is 121 cm³/mol. The molecule has 0 aromatic heterocycles. The molecule has 0 fully saturated rings. The van der Waals surface area contributed by atoms with Crippen LogP contribution in [0.1, 0.15) is 52.6 Å². The Morgan fingerprint density at radius 3 is 0.857 bits per heavy atom. The number of aromatic carboxylic acids is 2. The maximum atomic E-state index is 12.0. The van der Waals surface area contributed by atoms with Crippen LogP contribution in [0.4, 0.5) is 0 Å². The van der Waals surface area contributed by atoms with Crippen molar-refractivity contribution in [2.75, 3.05) is 0 Å². The Balaban J connectivity index is 0.000000240. The first-order valence-corrected chi connectivity index (χ1v) is 10.2. The summed E-state index contributed by atoms with van der Waals surface area (Å²) in [6.07, 6.45) is 0. The Kier molecular flexibility index (Phi) is 9.84. The van der Waals surface area contributed by atoms with Gasteiger partial charge in [-0.2, -0.15) is 0 Å². The molecule has 0 saturated carbocycles. The standard InChI is InChI=1S/2C14H10O3.Cu/c2*15-13(10-4-2-1-3-5-10)11-6-8-12(9-7-11)14(16)17;/h2*1-9H,(H,16,17);/q;;+2/p-2. The van der Waals surface area contributed by atoms with Gasteiger partial charge in [0.15, 0.2) is 11.6 Å². The minimum atomic E-state index is -1.25. The number of ketones is 2. The van der Waals surface area contributed by atoms with E-state index in [0.29, 0.717) is 22.3 Å². The largest absolute Gasteiger partial charge is 2.00 e. The third-order valence-corrected chi connectivity index (χ3v) is 4.84. The Labute approximate surface area is 212 Å². The fraction of sp³-hybridized carbons (Fsp3) is 0. The van der Waals surface area contributed by atoms with Crippen molar-refractivity contribution < 1.29 is 46.5 Å². The summed E-state index contributed by atoms with van der Waals surface area (Å²) in [5.41, 5.74) is 2.20. The van der Waals surface area contributed by atoms with E-state index in [9.17, 15) is 29.4 Å². The summed E-state index contributed by atoms with van der Waals surface area (Å²) < 4.78 is 0. The average molecular weight is 514 g/mol. The first-order chi connectivity index (χ1) is 16.4. The Morgan fingerprint density at radius 2 is 0.600 bits per heavy atom. The Hall–Kier alpha value is -4.32. The van der Waals surface area contributed by atoms with Gasteiger partial charge in [-0.1, -0.05) is 109 Å². The molecular weight excluding hydrogens is 496 g/mol. The minimum absolute atomic E-state index is 0. The normalized spacial score (nSPS) is 9.60. The van der Waals surface area contributed by atoms with E-state index in [1.165, 1.54) is 48.5 Å². The van der Waals surface area contributed by atoms with Gasteiger partial charge in [-0.25, -0.2) is 0 Å². The van der Waals surface area contributed by atoms with Crippen molar-refractivity contribution in [3.8, 4) is 0 Å². The zero-order valence-corrected chi connectivity index (χ0v) is 19.1. The van der Waals surface area contributed by atoms with Crippen LogP contribution in [-0.4, -0.2) is 23.5 Å². The van der Waals surface area contributed by atoms with Crippen molar-refractivity contribution >= 4 is 23.5 Å². The summed E-state index contributed by atoms with van der Waals surface area (Å²) in [6, 6.07) is 29.1. The van der Waals surface area contributed by atoms with Crippen LogP contribution in [0, 0.1) is 0 Å². The van der Waals surface area contributed by atoms with Crippen LogP contribution in [0.15, 0.2) is 109 Å². The molecular formula is C28H18CuO6. The summed E-state index contributed by atoms with van der Waals surface area (Å²) in [7, 11) is 0. The zero-order valence-electron chi connectivity index (χ0n) is 18.1. The summed E-state index contributed by atoms with van der Waals surface area (Å²) >= 11 is 0. The van der Waals surface area contributed by atoms with Crippen molar-refractivity contribution in [3.63, 3.8) is 0 Å². The Bertz CT molecular complexity index is 1190. The summed E-state index contributed by atoms with van der Waals surface area (Å²) in [4.78, 5) is 45.0. The van der Waals surface area contributed by atoms with Crippen LogP contribution < -0.4 is 10.2 Å². The molecule has 0 atom stereocenters. The molecule has 4 aromatic carbocycles. The molecule has 0 amide bonds. The van der Waals surface area contributed by atoms with Crippen molar-refractivity contribution in [2.45, 2.75) is 0 Å². The van der Waals surface area contributed by atoms with E-state index in [1.807, 2.05) is 12.1 Å². The van der Waals surface area contributed by atoms with Gasteiger partial charge in [-0.15, -0.1) is 0 Å². The molecule has 0 aliphatic heterocycles. The van der Waals surface area contributed by atoms with Gasteiger partial charge in [0.05, 0.1) is 11.9 Å². The van der Waals surface area contributed by atoms with Crippen LogP contribution in [-0.2, 0) is 17.1 Å². The molecule has 0 heterocycles. The second-order valence-electron chi connectivity index (χ2n) is 7.12. The molecule has 0 aliphatic carbocycles. The number of carbonyl (C=O) groups is 4. The van der Waals surface area contributed by atoms with E-state index in [0.717, 1.165) is 0 Å².